The van der Waals surface area contributed by atoms with Crippen LogP contribution in [0.1, 0.15) is 36.0 Å². The molecule has 3 aliphatic rings. The molecule has 4 atom stereocenters. The highest BCUT2D eigenvalue weighted by Crippen LogP contribution is 2.42. The van der Waals surface area contributed by atoms with E-state index in [0.29, 0.717) is 23.0 Å². The lowest BCUT2D eigenvalue weighted by atomic mass is 9.70. The number of para-hydroxylation sites is 1. The van der Waals surface area contributed by atoms with Crippen molar-refractivity contribution < 1.29 is 9.53 Å². The highest BCUT2D eigenvalue weighted by Gasteiger charge is 2.56. The number of benzene rings is 1. The van der Waals surface area contributed by atoms with Gasteiger partial charge >= 0.3 is 0 Å². The monoisotopic (exact) mass is 352 g/mol. The maximum Gasteiger partial charge on any atom is 0.253 e. The van der Waals surface area contributed by atoms with Crippen LogP contribution >= 0.6 is 0 Å². The van der Waals surface area contributed by atoms with Crippen LogP contribution in [0.2, 0.25) is 0 Å². The SMILES string of the molecule is O=C(N[C@H]1[C@H]2CCO[C@H]2[C@@H]1N1CCCCC1)c1cccc2nccnc12. The van der Waals surface area contributed by atoms with Gasteiger partial charge in [-0.15, -0.1) is 0 Å². The number of fused-ring (bicyclic) bond motifs is 2. The Labute approximate surface area is 152 Å². The van der Waals surface area contributed by atoms with E-state index in [2.05, 4.69) is 20.2 Å². The molecule has 2 aromatic rings. The number of carbonyl (C=O) groups is 1. The smallest absolute Gasteiger partial charge is 0.253 e. The van der Waals surface area contributed by atoms with Crippen LogP contribution < -0.4 is 5.32 Å². The molecule has 0 unspecified atom stereocenters. The summed E-state index contributed by atoms with van der Waals surface area (Å²) in [6.07, 6.45) is 8.41. The molecule has 1 saturated carbocycles. The number of ether oxygens (including phenoxy) is 1. The van der Waals surface area contributed by atoms with Gasteiger partial charge in [-0.3, -0.25) is 19.7 Å². The lowest BCUT2D eigenvalue weighted by Crippen LogP contribution is -2.71. The third-order valence-corrected chi connectivity index (χ3v) is 6.20. The summed E-state index contributed by atoms with van der Waals surface area (Å²) in [6, 6.07) is 6.08. The Kier molecular flexibility index (Phi) is 4.10. The van der Waals surface area contributed by atoms with Crippen LogP contribution in [0.25, 0.3) is 11.0 Å². The Balaban J connectivity index is 1.39. The van der Waals surface area contributed by atoms with Gasteiger partial charge in [0, 0.05) is 24.9 Å². The average Bonchev–Trinajstić information content (AvgIpc) is 3.10. The normalized spacial score (nSPS) is 31.4. The zero-order valence-corrected chi connectivity index (χ0v) is 14.8. The highest BCUT2D eigenvalue weighted by atomic mass is 16.5. The Bertz CT molecular complexity index is 815. The fraction of sp³-hybridized carbons (Fsp3) is 0.550. The van der Waals surface area contributed by atoms with Crippen LogP contribution in [-0.2, 0) is 4.74 Å². The summed E-state index contributed by atoms with van der Waals surface area (Å²) in [4.78, 5) is 24.3. The van der Waals surface area contributed by atoms with Gasteiger partial charge in [-0.05, 0) is 44.5 Å². The fourth-order valence-corrected chi connectivity index (χ4v) is 4.92. The Morgan fingerprint density at radius 3 is 2.88 bits per heavy atom. The number of nitrogens with one attached hydrogen (secondary N) is 1. The zero-order valence-electron chi connectivity index (χ0n) is 14.8. The fourth-order valence-electron chi connectivity index (χ4n) is 4.92. The number of aromatic nitrogens is 2. The molecule has 6 heteroatoms. The van der Waals surface area contributed by atoms with Crippen LogP contribution in [0.5, 0.6) is 0 Å². The standard InChI is InChI=1S/C20H24N4O2/c25-20(14-5-4-6-15-16(14)22-9-8-21-15)23-17-13-7-12-26-19(13)18(17)24-10-2-1-3-11-24/h4-6,8-9,13,17-19H,1-3,7,10-12H2,(H,23,25)/t13-,17+,18-,19-/m1/s1. The number of hydrogen-bond acceptors (Lipinski definition) is 5. The van der Waals surface area contributed by atoms with E-state index in [1.165, 1.54) is 19.3 Å². The van der Waals surface area contributed by atoms with E-state index in [0.717, 1.165) is 31.6 Å². The molecule has 3 heterocycles. The third kappa shape index (κ3) is 2.59. The summed E-state index contributed by atoms with van der Waals surface area (Å²) in [5.74, 6) is 0.389. The first-order chi connectivity index (χ1) is 12.8. The van der Waals surface area contributed by atoms with Gasteiger partial charge in [0.25, 0.3) is 5.91 Å². The lowest BCUT2D eigenvalue weighted by molar-refractivity contribution is -0.0862. The maximum absolute atomic E-state index is 13.0. The second kappa shape index (κ2) is 6.59. The number of likely N-dealkylation sites (tertiary alicyclic amines) is 1. The molecule has 1 amide bonds. The van der Waals surface area contributed by atoms with Gasteiger partial charge in [0.05, 0.1) is 29.3 Å². The molecule has 2 aliphatic heterocycles. The third-order valence-electron chi connectivity index (χ3n) is 6.20. The predicted octanol–water partition coefficient (Wildman–Crippen LogP) is 2.00. The minimum Gasteiger partial charge on any atom is -0.376 e. The van der Waals surface area contributed by atoms with Crippen LogP contribution in [0.15, 0.2) is 30.6 Å². The van der Waals surface area contributed by atoms with Crippen LogP contribution in [0.3, 0.4) is 0 Å². The molecule has 0 bridgehead atoms. The molecular weight excluding hydrogens is 328 g/mol. The molecule has 2 saturated heterocycles. The molecule has 5 rings (SSSR count). The molecule has 1 aromatic heterocycles. The van der Waals surface area contributed by atoms with Crippen molar-refractivity contribution in [2.24, 2.45) is 5.92 Å². The van der Waals surface area contributed by atoms with Crippen LogP contribution in [0, 0.1) is 5.92 Å². The number of hydrogen-bond donors (Lipinski definition) is 1. The van der Waals surface area contributed by atoms with Crippen molar-refractivity contribution in [2.45, 2.75) is 43.9 Å². The maximum atomic E-state index is 13.0. The molecule has 1 aromatic carbocycles. The number of rotatable bonds is 3. The van der Waals surface area contributed by atoms with Crippen LogP contribution in [-0.4, -0.2) is 58.7 Å². The molecule has 6 nitrogen and oxygen atoms in total. The van der Waals surface area contributed by atoms with Gasteiger partial charge in [-0.25, -0.2) is 0 Å². The van der Waals surface area contributed by atoms with Crippen molar-refractivity contribution in [3.8, 4) is 0 Å². The van der Waals surface area contributed by atoms with Gasteiger partial charge in [0.2, 0.25) is 0 Å². The molecule has 136 valence electrons. The summed E-state index contributed by atoms with van der Waals surface area (Å²) >= 11 is 0. The first-order valence-corrected chi connectivity index (χ1v) is 9.69. The van der Waals surface area contributed by atoms with Gasteiger partial charge in [0.15, 0.2) is 0 Å². The minimum absolute atomic E-state index is 0.0477. The summed E-state index contributed by atoms with van der Waals surface area (Å²) in [5.41, 5.74) is 2.03. The molecular formula is C20H24N4O2. The van der Waals surface area contributed by atoms with Crippen LogP contribution in [0.4, 0.5) is 0 Å². The lowest BCUT2D eigenvalue weighted by Gasteiger charge is -2.53. The largest absolute Gasteiger partial charge is 0.376 e. The van der Waals surface area contributed by atoms with Crippen molar-refractivity contribution in [2.75, 3.05) is 19.7 Å². The second-order valence-electron chi connectivity index (χ2n) is 7.60. The number of amides is 1. The molecule has 0 spiro atoms. The van der Waals surface area contributed by atoms with E-state index in [-0.39, 0.29) is 18.1 Å². The van der Waals surface area contributed by atoms with Crippen molar-refractivity contribution in [1.82, 2.24) is 20.2 Å². The number of carbonyl (C=O) groups excluding carboxylic acids is 1. The average molecular weight is 352 g/mol. The van der Waals surface area contributed by atoms with Crippen molar-refractivity contribution in [3.05, 3.63) is 36.2 Å². The van der Waals surface area contributed by atoms with Gasteiger partial charge in [0.1, 0.15) is 5.52 Å². The molecule has 3 fully saturated rings. The van der Waals surface area contributed by atoms with Gasteiger partial charge in [-0.2, -0.15) is 0 Å². The van der Waals surface area contributed by atoms with Crippen molar-refractivity contribution >= 4 is 16.9 Å². The van der Waals surface area contributed by atoms with Gasteiger partial charge < -0.3 is 10.1 Å². The molecule has 26 heavy (non-hydrogen) atoms. The van der Waals surface area contributed by atoms with E-state index in [1.54, 1.807) is 12.4 Å². The number of nitrogens with zero attached hydrogens (tertiary/aromatic N) is 3. The second-order valence-corrected chi connectivity index (χ2v) is 7.60. The Morgan fingerprint density at radius 2 is 2.00 bits per heavy atom. The highest BCUT2D eigenvalue weighted by molar-refractivity contribution is 6.04. The summed E-state index contributed by atoms with van der Waals surface area (Å²) in [5, 5.41) is 3.32. The van der Waals surface area contributed by atoms with E-state index in [4.69, 9.17) is 4.74 Å². The molecule has 1 N–H and O–H groups in total. The first-order valence-electron chi connectivity index (χ1n) is 9.69. The summed E-state index contributed by atoms with van der Waals surface area (Å²) in [6.45, 7) is 3.04. The first kappa shape index (κ1) is 16.1. The predicted molar refractivity (Wildman–Crippen MR) is 97.9 cm³/mol. The van der Waals surface area contributed by atoms with Crippen molar-refractivity contribution in [3.63, 3.8) is 0 Å². The summed E-state index contributed by atoms with van der Waals surface area (Å²) in [7, 11) is 0. The van der Waals surface area contributed by atoms with Gasteiger partial charge in [-0.1, -0.05) is 12.5 Å². The van der Waals surface area contributed by atoms with Crippen molar-refractivity contribution in [1.29, 1.82) is 0 Å². The molecule has 1 aliphatic carbocycles. The Morgan fingerprint density at radius 1 is 1.15 bits per heavy atom. The van der Waals surface area contributed by atoms with E-state index in [9.17, 15) is 4.79 Å². The number of piperidine rings is 1. The molecule has 0 radical (unpaired) electrons. The minimum atomic E-state index is -0.0477. The Hall–Kier alpha value is -2.05. The summed E-state index contributed by atoms with van der Waals surface area (Å²) < 4.78 is 5.99. The topological polar surface area (TPSA) is 67.3 Å². The van der Waals surface area contributed by atoms with E-state index in [1.807, 2.05) is 18.2 Å². The quantitative estimate of drug-likeness (QED) is 0.915. The zero-order chi connectivity index (χ0) is 17.5. The van der Waals surface area contributed by atoms with E-state index >= 15 is 0 Å². The van der Waals surface area contributed by atoms with E-state index < -0.39 is 0 Å².